The zero-order valence-corrected chi connectivity index (χ0v) is 8.15. The highest BCUT2D eigenvalue weighted by molar-refractivity contribution is 7.09. The minimum absolute atomic E-state index is 0.0368. The second-order valence-corrected chi connectivity index (χ2v) is 3.30. The fraction of sp³-hybridized carbons (Fsp3) is 0.333. The van der Waals surface area contributed by atoms with Crippen molar-refractivity contribution < 1.29 is 4.79 Å². The van der Waals surface area contributed by atoms with Crippen molar-refractivity contribution in [1.29, 1.82) is 0 Å². The largest absolute Gasteiger partial charge is 0.325 e. The molecule has 0 amide bonds. The summed E-state index contributed by atoms with van der Waals surface area (Å²) in [6, 6.07) is 0. The van der Waals surface area contributed by atoms with E-state index in [2.05, 4.69) is 16.8 Å². The third kappa shape index (κ3) is 2.65. The summed E-state index contributed by atoms with van der Waals surface area (Å²) in [5, 5.41) is 2.51. The van der Waals surface area contributed by atoms with Gasteiger partial charge in [-0.25, -0.2) is 4.98 Å². The zero-order chi connectivity index (χ0) is 9.68. The Morgan fingerprint density at radius 1 is 1.77 bits per heavy atom. The first-order chi connectivity index (χ1) is 6.27. The first kappa shape index (κ1) is 9.90. The standard InChI is InChI=1S/C9H10N2OS/c1-2-3-4-8(12)7-6-13-9(5-10)11-7/h6H,4-5,10H2,1H3. The van der Waals surface area contributed by atoms with Crippen LogP contribution in [0.1, 0.15) is 28.8 Å². The van der Waals surface area contributed by atoms with Crippen molar-refractivity contribution in [3.8, 4) is 11.8 Å². The number of nitrogens with two attached hydrogens (primary N) is 1. The minimum Gasteiger partial charge on any atom is -0.325 e. The summed E-state index contributed by atoms with van der Waals surface area (Å²) in [5.41, 5.74) is 5.85. The average Bonchev–Trinajstić information content (AvgIpc) is 2.62. The Bertz CT molecular complexity index is 359. The molecule has 0 radical (unpaired) electrons. The molecule has 0 aliphatic carbocycles. The summed E-state index contributed by atoms with van der Waals surface area (Å²) in [6.07, 6.45) is 0.240. The van der Waals surface area contributed by atoms with Gasteiger partial charge in [0.25, 0.3) is 0 Å². The molecule has 1 aromatic heterocycles. The Morgan fingerprint density at radius 2 is 2.54 bits per heavy atom. The number of hydrogen-bond acceptors (Lipinski definition) is 4. The second-order valence-electron chi connectivity index (χ2n) is 2.36. The summed E-state index contributed by atoms with van der Waals surface area (Å²) in [7, 11) is 0. The lowest BCUT2D eigenvalue weighted by atomic mass is 10.2. The summed E-state index contributed by atoms with van der Waals surface area (Å²) < 4.78 is 0. The van der Waals surface area contributed by atoms with Crippen LogP contribution >= 0.6 is 11.3 Å². The lowest BCUT2D eigenvalue weighted by molar-refractivity contribution is 0.0994. The number of carbonyl (C=O) groups is 1. The van der Waals surface area contributed by atoms with E-state index in [1.165, 1.54) is 11.3 Å². The van der Waals surface area contributed by atoms with Gasteiger partial charge in [0.15, 0.2) is 5.78 Å². The van der Waals surface area contributed by atoms with Crippen molar-refractivity contribution in [2.75, 3.05) is 0 Å². The summed E-state index contributed by atoms with van der Waals surface area (Å²) >= 11 is 1.41. The molecule has 0 unspecified atom stereocenters. The molecule has 0 bridgehead atoms. The highest BCUT2D eigenvalue weighted by atomic mass is 32.1. The fourth-order valence-corrected chi connectivity index (χ4v) is 1.47. The molecule has 1 heterocycles. The Morgan fingerprint density at radius 3 is 3.08 bits per heavy atom. The van der Waals surface area contributed by atoms with Gasteiger partial charge < -0.3 is 5.73 Å². The number of rotatable bonds is 3. The van der Waals surface area contributed by atoms with Crippen LogP contribution in [0.25, 0.3) is 0 Å². The quantitative estimate of drug-likeness (QED) is 0.581. The van der Waals surface area contributed by atoms with Crippen molar-refractivity contribution in [1.82, 2.24) is 4.98 Å². The van der Waals surface area contributed by atoms with E-state index in [9.17, 15) is 4.79 Å². The SMILES string of the molecule is CC#CCC(=O)c1csc(CN)n1. The van der Waals surface area contributed by atoms with Crippen LogP contribution in [0.4, 0.5) is 0 Å². The molecule has 0 aliphatic rings. The molecule has 1 rings (SSSR count). The number of carbonyl (C=O) groups excluding carboxylic acids is 1. The van der Waals surface area contributed by atoms with Gasteiger partial charge in [-0.2, -0.15) is 0 Å². The number of Topliss-reactive ketones (excluding diaryl/α,β-unsaturated/α-hetero) is 1. The predicted molar refractivity (Wildman–Crippen MR) is 52.4 cm³/mol. The topological polar surface area (TPSA) is 56.0 Å². The molecule has 0 spiro atoms. The van der Waals surface area contributed by atoms with E-state index >= 15 is 0 Å². The summed E-state index contributed by atoms with van der Waals surface area (Å²) in [4.78, 5) is 15.4. The van der Waals surface area contributed by atoms with E-state index < -0.39 is 0 Å². The molecular weight excluding hydrogens is 184 g/mol. The Hall–Kier alpha value is -1.18. The van der Waals surface area contributed by atoms with Crippen LogP contribution in [0.15, 0.2) is 5.38 Å². The fourth-order valence-electron chi connectivity index (χ4n) is 0.792. The van der Waals surface area contributed by atoms with E-state index in [1.807, 2.05) is 0 Å². The number of hydrogen-bond donors (Lipinski definition) is 1. The lowest BCUT2D eigenvalue weighted by Gasteiger charge is -1.88. The molecule has 3 nitrogen and oxygen atoms in total. The molecule has 1 aromatic rings. The maximum Gasteiger partial charge on any atom is 0.193 e. The van der Waals surface area contributed by atoms with Gasteiger partial charge >= 0.3 is 0 Å². The van der Waals surface area contributed by atoms with E-state index in [-0.39, 0.29) is 12.2 Å². The molecule has 2 N–H and O–H groups in total. The van der Waals surface area contributed by atoms with Crippen LogP contribution in [0.3, 0.4) is 0 Å². The monoisotopic (exact) mass is 194 g/mol. The predicted octanol–water partition coefficient (Wildman–Crippen LogP) is 1.20. The van der Waals surface area contributed by atoms with Crippen molar-refractivity contribution in [2.45, 2.75) is 19.9 Å². The molecule has 0 aromatic carbocycles. The van der Waals surface area contributed by atoms with Crippen LogP contribution < -0.4 is 5.73 Å². The molecule has 68 valence electrons. The van der Waals surface area contributed by atoms with Gasteiger partial charge in [0.05, 0.1) is 6.42 Å². The van der Waals surface area contributed by atoms with Crippen LogP contribution in [0.2, 0.25) is 0 Å². The van der Waals surface area contributed by atoms with Crippen molar-refractivity contribution in [3.63, 3.8) is 0 Å². The van der Waals surface area contributed by atoms with Gasteiger partial charge in [0, 0.05) is 11.9 Å². The van der Waals surface area contributed by atoms with E-state index in [4.69, 9.17) is 5.73 Å². The van der Waals surface area contributed by atoms with Crippen LogP contribution in [0, 0.1) is 11.8 Å². The van der Waals surface area contributed by atoms with Gasteiger partial charge in [-0.1, -0.05) is 5.92 Å². The molecule has 13 heavy (non-hydrogen) atoms. The third-order valence-electron chi connectivity index (χ3n) is 1.44. The van der Waals surface area contributed by atoms with Crippen LogP contribution in [-0.2, 0) is 6.54 Å². The molecule has 0 saturated carbocycles. The van der Waals surface area contributed by atoms with Crippen molar-refractivity contribution in [2.24, 2.45) is 5.73 Å². The minimum atomic E-state index is -0.0368. The van der Waals surface area contributed by atoms with Crippen LogP contribution in [-0.4, -0.2) is 10.8 Å². The normalized spacial score (nSPS) is 9.08. The highest BCUT2D eigenvalue weighted by Crippen LogP contribution is 2.10. The summed E-state index contributed by atoms with van der Waals surface area (Å²) in [5.74, 6) is 5.34. The van der Waals surface area contributed by atoms with Gasteiger partial charge in [-0.15, -0.1) is 17.3 Å². The Labute approximate surface area is 81.0 Å². The van der Waals surface area contributed by atoms with Gasteiger partial charge in [-0.05, 0) is 6.92 Å². The highest BCUT2D eigenvalue weighted by Gasteiger charge is 2.07. The first-order valence-corrected chi connectivity index (χ1v) is 4.73. The maximum absolute atomic E-state index is 11.3. The second kappa shape index (κ2) is 4.75. The molecular formula is C9H10N2OS. The van der Waals surface area contributed by atoms with E-state index in [1.54, 1.807) is 12.3 Å². The Kier molecular flexibility index (Phi) is 3.62. The number of thiazole rings is 1. The third-order valence-corrected chi connectivity index (χ3v) is 2.31. The Balaban J connectivity index is 2.69. The number of aromatic nitrogens is 1. The molecule has 0 fully saturated rings. The first-order valence-electron chi connectivity index (χ1n) is 3.85. The van der Waals surface area contributed by atoms with Crippen molar-refractivity contribution in [3.05, 3.63) is 16.1 Å². The maximum atomic E-state index is 11.3. The van der Waals surface area contributed by atoms with E-state index in [0.29, 0.717) is 12.2 Å². The van der Waals surface area contributed by atoms with Crippen molar-refractivity contribution >= 4 is 17.1 Å². The van der Waals surface area contributed by atoms with Gasteiger partial charge in [-0.3, -0.25) is 4.79 Å². The molecule has 0 saturated heterocycles. The zero-order valence-electron chi connectivity index (χ0n) is 7.33. The van der Waals surface area contributed by atoms with Crippen LogP contribution in [0.5, 0.6) is 0 Å². The smallest absolute Gasteiger partial charge is 0.193 e. The lowest BCUT2D eigenvalue weighted by Crippen LogP contribution is -2.00. The van der Waals surface area contributed by atoms with Gasteiger partial charge in [0.2, 0.25) is 0 Å². The molecule has 0 atom stereocenters. The number of nitrogens with zero attached hydrogens (tertiary/aromatic N) is 1. The van der Waals surface area contributed by atoms with Gasteiger partial charge in [0.1, 0.15) is 10.7 Å². The summed E-state index contributed by atoms with van der Waals surface area (Å²) in [6.45, 7) is 2.09. The van der Waals surface area contributed by atoms with E-state index in [0.717, 1.165) is 5.01 Å². The number of ketones is 1. The molecule has 0 aliphatic heterocycles. The molecule has 4 heteroatoms. The average molecular weight is 194 g/mol.